The fourth-order valence-electron chi connectivity index (χ4n) is 4.20. The van der Waals surface area contributed by atoms with Gasteiger partial charge >= 0.3 is 5.63 Å². The average Bonchev–Trinajstić information content (AvgIpc) is 2.69. The van der Waals surface area contributed by atoms with E-state index in [9.17, 15) is 4.79 Å². The number of quaternary nitrogens is 1. The Kier molecular flexibility index (Phi) is 3.75. The van der Waals surface area contributed by atoms with E-state index in [2.05, 4.69) is 11.1 Å². The molecule has 0 spiro atoms. The lowest BCUT2D eigenvalue weighted by Crippen LogP contribution is -3.11. The highest BCUT2D eigenvalue weighted by molar-refractivity contribution is 5.86. The Hall–Kier alpha value is -2.66. The fourth-order valence-corrected chi connectivity index (χ4v) is 4.20. The van der Waals surface area contributed by atoms with Gasteiger partial charge in [-0.3, -0.25) is 9.88 Å². The normalized spacial score (nSPS) is 18.8. The van der Waals surface area contributed by atoms with Gasteiger partial charge in [-0.15, -0.1) is 0 Å². The van der Waals surface area contributed by atoms with Gasteiger partial charge in [-0.1, -0.05) is 6.07 Å². The van der Waals surface area contributed by atoms with Crippen molar-refractivity contribution in [1.82, 2.24) is 4.98 Å². The fraction of sp³-hybridized carbons (Fsp3) is 0.333. The molecule has 1 atom stereocenters. The molecular formula is C21H21N2O3+. The van der Waals surface area contributed by atoms with Gasteiger partial charge in [0.1, 0.15) is 18.8 Å². The van der Waals surface area contributed by atoms with Crippen LogP contribution in [0.3, 0.4) is 0 Å². The molecule has 0 saturated heterocycles. The zero-order valence-electron chi connectivity index (χ0n) is 14.6. The SMILES string of the molecule is O=c1oc2c3c(ccc2c2c1CCCC2)OC[NH+](Cc1ccccn1)C3. The number of ether oxygens (including phenoxy) is 1. The molecule has 0 radical (unpaired) electrons. The summed E-state index contributed by atoms with van der Waals surface area (Å²) in [6.45, 7) is 2.14. The van der Waals surface area contributed by atoms with Crippen molar-refractivity contribution >= 4 is 11.0 Å². The summed E-state index contributed by atoms with van der Waals surface area (Å²) in [6.07, 6.45) is 5.81. The predicted molar refractivity (Wildman–Crippen MR) is 97.2 cm³/mol. The Morgan fingerprint density at radius 1 is 1.04 bits per heavy atom. The second-order valence-electron chi connectivity index (χ2n) is 7.19. The van der Waals surface area contributed by atoms with Crippen LogP contribution >= 0.6 is 0 Å². The second kappa shape index (κ2) is 6.25. The molecule has 3 heterocycles. The maximum atomic E-state index is 12.5. The summed E-state index contributed by atoms with van der Waals surface area (Å²) in [5, 5.41) is 1.08. The summed E-state index contributed by atoms with van der Waals surface area (Å²) < 4.78 is 11.8. The molecule has 5 rings (SSSR count). The van der Waals surface area contributed by atoms with Crippen LogP contribution in [0.5, 0.6) is 5.75 Å². The summed E-state index contributed by atoms with van der Waals surface area (Å²) in [5.41, 5.74) is 4.64. The first kappa shape index (κ1) is 15.6. The lowest BCUT2D eigenvalue weighted by molar-refractivity contribution is -0.946. The zero-order chi connectivity index (χ0) is 17.5. The summed E-state index contributed by atoms with van der Waals surface area (Å²) >= 11 is 0. The number of hydrogen-bond donors (Lipinski definition) is 1. The van der Waals surface area contributed by atoms with E-state index in [0.29, 0.717) is 12.3 Å². The molecule has 132 valence electrons. The molecule has 1 aromatic carbocycles. The highest BCUT2D eigenvalue weighted by Gasteiger charge is 2.27. The molecule has 2 aromatic heterocycles. The van der Waals surface area contributed by atoms with Crippen molar-refractivity contribution in [2.24, 2.45) is 0 Å². The lowest BCUT2D eigenvalue weighted by atomic mass is 9.90. The molecule has 26 heavy (non-hydrogen) atoms. The van der Waals surface area contributed by atoms with Crippen molar-refractivity contribution in [2.75, 3.05) is 6.73 Å². The van der Waals surface area contributed by atoms with Crippen LogP contribution in [0.4, 0.5) is 0 Å². The van der Waals surface area contributed by atoms with Gasteiger partial charge in [-0.05, 0) is 55.5 Å². The maximum Gasteiger partial charge on any atom is 0.339 e. The van der Waals surface area contributed by atoms with Gasteiger partial charge < -0.3 is 9.15 Å². The zero-order valence-corrected chi connectivity index (χ0v) is 14.6. The number of hydrogen-bond acceptors (Lipinski definition) is 4. The molecule has 0 amide bonds. The molecule has 0 saturated carbocycles. The molecule has 2 aliphatic rings. The van der Waals surface area contributed by atoms with E-state index >= 15 is 0 Å². The van der Waals surface area contributed by atoms with Crippen LogP contribution in [-0.4, -0.2) is 11.7 Å². The van der Waals surface area contributed by atoms with Gasteiger partial charge in [0.05, 0.1) is 11.3 Å². The third-order valence-electron chi connectivity index (χ3n) is 5.47. The highest BCUT2D eigenvalue weighted by atomic mass is 16.5. The molecule has 0 bridgehead atoms. The Morgan fingerprint density at radius 3 is 2.77 bits per heavy atom. The van der Waals surface area contributed by atoms with Crippen molar-refractivity contribution in [3.8, 4) is 5.75 Å². The van der Waals surface area contributed by atoms with Gasteiger partial charge in [0.15, 0.2) is 5.58 Å². The molecule has 1 unspecified atom stereocenters. The first-order valence-corrected chi connectivity index (χ1v) is 9.26. The molecular weight excluding hydrogens is 328 g/mol. The van der Waals surface area contributed by atoms with Crippen LogP contribution in [-0.2, 0) is 25.9 Å². The van der Waals surface area contributed by atoms with Crippen molar-refractivity contribution in [3.63, 3.8) is 0 Å². The minimum absolute atomic E-state index is 0.169. The number of rotatable bonds is 2. The van der Waals surface area contributed by atoms with Crippen LogP contribution in [0, 0.1) is 0 Å². The molecule has 5 heteroatoms. The van der Waals surface area contributed by atoms with E-state index in [0.717, 1.165) is 66.7 Å². The number of aromatic nitrogens is 1. The number of fused-ring (bicyclic) bond motifs is 5. The third kappa shape index (κ3) is 2.59. The van der Waals surface area contributed by atoms with Gasteiger partial charge in [-0.2, -0.15) is 0 Å². The van der Waals surface area contributed by atoms with Crippen molar-refractivity contribution in [2.45, 2.75) is 38.8 Å². The van der Waals surface area contributed by atoms with Crippen LogP contribution in [0.25, 0.3) is 11.0 Å². The van der Waals surface area contributed by atoms with E-state index in [1.54, 1.807) is 0 Å². The molecule has 1 N–H and O–H groups in total. The molecule has 5 nitrogen and oxygen atoms in total. The lowest BCUT2D eigenvalue weighted by Gasteiger charge is -2.27. The maximum absolute atomic E-state index is 12.5. The second-order valence-corrected chi connectivity index (χ2v) is 7.19. The van der Waals surface area contributed by atoms with E-state index in [-0.39, 0.29) is 5.63 Å². The summed E-state index contributed by atoms with van der Waals surface area (Å²) in [4.78, 5) is 18.2. The minimum atomic E-state index is -0.169. The largest absolute Gasteiger partial charge is 0.445 e. The van der Waals surface area contributed by atoms with Crippen LogP contribution in [0.1, 0.15) is 35.2 Å². The van der Waals surface area contributed by atoms with Crippen LogP contribution < -0.4 is 15.3 Å². The summed E-state index contributed by atoms with van der Waals surface area (Å²) in [5.74, 6) is 0.834. The Balaban J connectivity index is 1.57. The van der Waals surface area contributed by atoms with Crippen LogP contribution in [0.15, 0.2) is 45.7 Å². The smallest absolute Gasteiger partial charge is 0.339 e. The van der Waals surface area contributed by atoms with E-state index < -0.39 is 0 Å². The van der Waals surface area contributed by atoms with Crippen LogP contribution in [0.2, 0.25) is 0 Å². The number of nitrogens with zero attached hydrogens (tertiary/aromatic N) is 1. The van der Waals surface area contributed by atoms with Crippen molar-refractivity contribution < 1.29 is 14.1 Å². The van der Waals surface area contributed by atoms with E-state index in [1.165, 1.54) is 10.5 Å². The summed E-state index contributed by atoms with van der Waals surface area (Å²) in [6, 6.07) is 10.0. The number of nitrogens with one attached hydrogen (secondary N) is 1. The molecule has 1 aliphatic heterocycles. The third-order valence-corrected chi connectivity index (χ3v) is 5.47. The average molecular weight is 349 g/mol. The van der Waals surface area contributed by atoms with Gasteiger partial charge in [0.2, 0.25) is 6.73 Å². The number of benzene rings is 1. The molecule has 0 fully saturated rings. The Morgan fingerprint density at radius 2 is 1.92 bits per heavy atom. The van der Waals surface area contributed by atoms with Gasteiger partial charge in [0, 0.05) is 17.1 Å². The highest BCUT2D eigenvalue weighted by Crippen LogP contribution is 2.33. The molecule has 3 aromatic rings. The summed E-state index contributed by atoms with van der Waals surface area (Å²) in [7, 11) is 0. The van der Waals surface area contributed by atoms with Gasteiger partial charge in [-0.25, -0.2) is 4.79 Å². The molecule has 1 aliphatic carbocycles. The van der Waals surface area contributed by atoms with Gasteiger partial charge in [0.25, 0.3) is 0 Å². The number of pyridine rings is 1. The monoisotopic (exact) mass is 349 g/mol. The van der Waals surface area contributed by atoms with Crippen molar-refractivity contribution in [1.29, 1.82) is 0 Å². The minimum Gasteiger partial charge on any atom is -0.445 e. The Labute approximate surface area is 151 Å². The van der Waals surface area contributed by atoms with E-state index in [1.807, 2.05) is 30.5 Å². The van der Waals surface area contributed by atoms with Crippen molar-refractivity contribution in [3.05, 3.63) is 69.3 Å². The predicted octanol–water partition coefficient (Wildman–Crippen LogP) is 2.00. The first-order chi connectivity index (χ1) is 12.8. The van der Waals surface area contributed by atoms with E-state index in [4.69, 9.17) is 9.15 Å². The number of aryl methyl sites for hydroxylation is 1. The standard InChI is InChI=1S/C21H20N2O3/c24-21-17-7-2-1-6-15(17)16-8-9-19-18(20(16)26-21)12-23(13-25-19)11-14-5-3-4-10-22-14/h3-5,8-10H,1-2,6-7,11-13H2/p+1. The Bertz CT molecular complexity index is 1030. The first-order valence-electron chi connectivity index (χ1n) is 9.26. The topological polar surface area (TPSA) is 56.8 Å². The quantitative estimate of drug-likeness (QED) is 0.719.